The SMILES string of the molecule is CC(C(=O)NC(Cc1ccc(OCc2ccccc2)cc1)C(=O)N1Cc2ccccc2CC1C(=O)N[C@@H]1CCCc2ccccc21)N(C)C(=O)O. The maximum Gasteiger partial charge on any atom is 0.407 e. The third kappa shape index (κ3) is 8.40. The van der Waals surface area contributed by atoms with Crippen molar-refractivity contribution >= 4 is 23.8 Å². The zero-order valence-electron chi connectivity index (χ0n) is 29.0. The van der Waals surface area contributed by atoms with Gasteiger partial charge in [-0.15, -0.1) is 0 Å². The summed E-state index contributed by atoms with van der Waals surface area (Å²) in [4.78, 5) is 56.5. The number of hydrogen-bond donors (Lipinski definition) is 3. The normalized spacial score (nSPS) is 17.6. The van der Waals surface area contributed by atoms with E-state index in [4.69, 9.17) is 4.74 Å². The Hall–Kier alpha value is -5.64. The van der Waals surface area contributed by atoms with Crippen molar-refractivity contribution in [3.8, 4) is 5.75 Å². The summed E-state index contributed by atoms with van der Waals surface area (Å²) in [6.45, 7) is 2.06. The quantitative estimate of drug-likeness (QED) is 0.193. The number of nitrogens with zero attached hydrogens (tertiary/aromatic N) is 2. The fraction of sp³-hybridized carbons (Fsp3) is 0.317. The van der Waals surface area contributed by atoms with E-state index in [0.717, 1.165) is 52.0 Å². The van der Waals surface area contributed by atoms with E-state index >= 15 is 0 Å². The maximum absolute atomic E-state index is 14.7. The van der Waals surface area contributed by atoms with Crippen LogP contribution in [0.15, 0.2) is 103 Å². The van der Waals surface area contributed by atoms with Gasteiger partial charge in [-0.05, 0) is 71.7 Å². The number of carbonyl (C=O) groups excluding carboxylic acids is 3. The number of fused-ring (bicyclic) bond motifs is 2. The van der Waals surface area contributed by atoms with Crippen molar-refractivity contribution in [3.63, 3.8) is 0 Å². The minimum atomic E-state index is -1.26. The Bertz CT molecular complexity index is 1860. The highest BCUT2D eigenvalue weighted by Crippen LogP contribution is 2.31. The van der Waals surface area contributed by atoms with Crippen LogP contribution in [0.1, 0.15) is 59.2 Å². The molecule has 10 nitrogen and oxygen atoms in total. The van der Waals surface area contributed by atoms with Crippen LogP contribution < -0.4 is 15.4 Å². The van der Waals surface area contributed by atoms with Crippen molar-refractivity contribution < 1.29 is 29.0 Å². The lowest BCUT2D eigenvalue weighted by molar-refractivity contribution is -0.145. The molecule has 1 aliphatic heterocycles. The van der Waals surface area contributed by atoms with Gasteiger partial charge in [-0.1, -0.05) is 91.0 Å². The van der Waals surface area contributed by atoms with Crippen molar-refractivity contribution in [1.29, 1.82) is 0 Å². The van der Waals surface area contributed by atoms with Crippen LogP contribution in [0.3, 0.4) is 0 Å². The second kappa shape index (κ2) is 15.9. The molecule has 264 valence electrons. The Morgan fingerprint density at radius 3 is 2.25 bits per heavy atom. The van der Waals surface area contributed by atoms with Crippen LogP contribution >= 0.6 is 0 Å². The van der Waals surface area contributed by atoms with Crippen molar-refractivity contribution in [3.05, 3.63) is 137 Å². The van der Waals surface area contributed by atoms with Gasteiger partial charge in [-0.2, -0.15) is 0 Å². The van der Waals surface area contributed by atoms with E-state index in [-0.39, 0.29) is 24.9 Å². The van der Waals surface area contributed by atoms with Crippen LogP contribution in [-0.4, -0.2) is 63.9 Å². The predicted molar refractivity (Wildman–Crippen MR) is 193 cm³/mol. The third-order valence-corrected chi connectivity index (χ3v) is 10.0. The van der Waals surface area contributed by atoms with Crippen LogP contribution in [0.5, 0.6) is 5.75 Å². The number of nitrogens with one attached hydrogen (secondary N) is 2. The largest absolute Gasteiger partial charge is 0.489 e. The molecule has 0 saturated heterocycles. The molecule has 0 fully saturated rings. The van der Waals surface area contributed by atoms with E-state index in [0.29, 0.717) is 18.8 Å². The first-order chi connectivity index (χ1) is 24.7. The number of rotatable bonds is 11. The molecule has 2 aliphatic rings. The third-order valence-electron chi connectivity index (χ3n) is 10.0. The number of carbonyl (C=O) groups is 4. The molecule has 4 amide bonds. The minimum absolute atomic E-state index is 0.121. The molecule has 1 heterocycles. The molecule has 3 N–H and O–H groups in total. The van der Waals surface area contributed by atoms with Gasteiger partial charge in [0.05, 0.1) is 6.04 Å². The highest BCUT2D eigenvalue weighted by atomic mass is 16.5. The fourth-order valence-corrected chi connectivity index (χ4v) is 6.89. The van der Waals surface area contributed by atoms with Crippen LogP contribution in [0, 0.1) is 0 Å². The van der Waals surface area contributed by atoms with Crippen molar-refractivity contribution in [2.45, 2.75) is 76.3 Å². The van der Waals surface area contributed by atoms with Gasteiger partial charge in [-0.3, -0.25) is 19.3 Å². The van der Waals surface area contributed by atoms with Crippen LogP contribution in [-0.2, 0) is 46.8 Å². The first-order valence-electron chi connectivity index (χ1n) is 17.4. The Morgan fingerprint density at radius 1 is 0.863 bits per heavy atom. The highest BCUT2D eigenvalue weighted by molar-refractivity contribution is 5.94. The molecular formula is C41H44N4O6. The molecule has 0 spiro atoms. The van der Waals surface area contributed by atoms with Gasteiger partial charge in [0, 0.05) is 26.4 Å². The molecule has 4 aromatic rings. The molecule has 0 saturated carbocycles. The minimum Gasteiger partial charge on any atom is -0.489 e. The monoisotopic (exact) mass is 688 g/mol. The van der Waals surface area contributed by atoms with E-state index in [1.54, 1.807) is 4.90 Å². The lowest BCUT2D eigenvalue weighted by atomic mass is 9.87. The standard InChI is InChI=1S/C41H44N4O6/c1-27(44(2)41(49)50)38(46)43-36(23-28-19-21-33(22-20-28)51-26-29-11-4-3-5-12-29)40(48)45-25-32-15-7-6-14-31(32)24-37(45)39(47)42-35-18-10-16-30-13-8-9-17-34(30)35/h3-9,11-15,17,19-22,27,35-37H,10,16,18,23-26H2,1-2H3,(H,42,47)(H,43,46)(H,49,50)/t27?,35-,36?,37?/m1/s1. The number of amides is 4. The Kier molecular flexibility index (Phi) is 11.0. The summed E-state index contributed by atoms with van der Waals surface area (Å²) >= 11 is 0. The highest BCUT2D eigenvalue weighted by Gasteiger charge is 2.39. The molecular weight excluding hydrogens is 644 g/mol. The van der Waals surface area contributed by atoms with Gasteiger partial charge >= 0.3 is 6.09 Å². The summed E-state index contributed by atoms with van der Waals surface area (Å²) in [7, 11) is 1.31. The zero-order valence-corrected chi connectivity index (χ0v) is 29.0. The van der Waals surface area contributed by atoms with Gasteiger partial charge in [0.2, 0.25) is 17.7 Å². The molecule has 0 aromatic heterocycles. The number of carboxylic acid groups (broad SMARTS) is 1. The summed E-state index contributed by atoms with van der Waals surface area (Å²) < 4.78 is 5.95. The summed E-state index contributed by atoms with van der Waals surface area (Å²) in [6.07, 6.45) is 1.90. The molecule has 51 heavy (non-hydrogen) atoms. The molecule has 6 rings (SSSR count). The fourth-order valence-electron chi connectivity index (χ4n) is 6.89. The number of hydrogen-bond acceptors (Lipinski definition) is 5. The van der Waals surface area contributed by atoms with Gasteiger partial charge in [0.15, 0.2) is 0 Å². The Labute approximate surface area is 298 Å². The number of benzene rings is 4. The van der Waals surface area contributed by atoms with E-state index in [2.05, 4.69) is 22.8 Å². The second-order valence-corrected chi connectivity index (χ2v) is 13.4. The molecule has 0 radical (unpaired) electrons. The Balaban J connectivity index is 1.26. The first kappa shape index (κ1) is 35.2. The van der Waals surface area contributed by atoms with Crippen LogP contribution in [0.2, 0.25) is 0 Å². The molecule has 4 aromatic carbocycles. The second-order valence-electron chi connectivity index (χ2n) is 13.4. The summed E-state index contributed by atoms with van der Waals surface area (Å²) in [5, 5.41) is 15.6. The number of ether oxygens (including phenoxy) is 1. The molecule has 0 bridgehead atoms. The lowest BCUT2D eigenvalue weighted by Gasteiger charge is -2.39. The zero-order chi connectivity index (χ0) is 35.9. The van der Waals surface area contributed by atoms with Gasteiger partial charge in [0.1, 0.15) is 30.5 Å². The topological polar surface area (TPSA) is 128 Å². The number of likely N-dealkylation sites (N-methyl/N-ethyl adjacent to an activating group) is 1. The average molecular weight is 689 g/mol. The maximum atomic E-state index is 14.7. The van der Waals surface area contributed by atoms with Crippen molar-refractivity contribution in [1.82, 2.24) is 20.4 Å². The average Bonchev–Trinajstić information content (AvgIpc) is 3.16. The molecule has 1 aliphatic carbocycles. The van der Waals surface area contributed by atoms with Crippen LogP contribution in [0.25, 0.3) is 0 Å². The predicted octanol–water partition coefficient (Wildman–Crippen LogP) is 5.44. The van der Waals surface area contributed by atoms with Crippen molar-refractivity contribution in [2.75, 3.05) is 7.05 Å². The van der Waals surface area contributed by atoms with Gasteiger partial charge in [0.25, 0.3) is 0 Å². The first-order valence-corrected chi connectivity index (χ1v) is 17.4. The van der Waals surface area contributed by atoms with E-state index in [1.807, 2.05) is 91.0 Å². The summed E-state index contributed by atoms with van der Waals surface area (Å²) in [6, 6.07) is 29.9. The molecule has 3 unspecified atom stereocenters. The van der Waals surface area contributed by atoms with Crippen molar-refractivity contribution in [2.24, 2.45) is 0 Å². The van der Waals surface area contributed by atoms with E-state index < -0.39 is 36.0 Å². The van der Waals surface area contributed by atoms with E-state index in [1.165, 1.54) is 19.5 Å². The summed E-state index contributed by atoms with van der Waals surface area (Å²) in [5.74, 6) is -0.627. The van der Waals surface area contributed by atoms with Gasteiger partial charge in [-0.25, -0.2) is 4.79 Å². The molecule has 4 atom stereocenters. The lowest BCUT2D eigenvalue weighted by Crippen LogP contribution is -2.59. The van der Waals surface area contributed by atoms with Gasteiger partial charge < -0.3 is 25.4 Å². The number of aryl methyl sites for hydroxylation is 1. The summed E-state index contributed by atoms with van der Waals surface area (Å²) in [5.41, 5.74) is 6.04. The van der Waals surface area contributed by atoms with Crippen LogP contribution in [0.4, 0.5) is 4.79 Å². The van der Waals surface area contributed by atoms with E-state index in [9.17, 15) is 24.3 Å². The smallest absolute Gasteiger partial charge is 0.407 e. The Morgan fingerprint density at radius 2 is 1.53 bits per heavy atom. The molecule has 10 heteroatoms.